The van der Waals surface area contributed by atoms with Gasteiger partial charge < -0.3 is 30.2 Å². The molecule has 10 rings (SSSR count). The van der Waals surface area contributed by atoms with E-state index in [0.29, 0.717) is 47.8 Å². The molecular weight excluding hydrogens is 672 g/mol. The highest BCUT2D eigenvalue weighted by molar-refractivity contribution is 5.80. The normalized spacial score (nSPS) is 29.8. The van der Waals surface area contributed by atoms with Gasteiger partial charge in [0.1, 0.15) is 0 Å². The van der Waals surface area contributed by atoms with E-state index in [1.54, 1.807) is 0 Å². The van der Waals surface area contributed by atoms with Crippen LogP contribution in [0.15, 0.2) is 0 Å². The lowest BCUT2D eigenvalue weighted by molar-refractivity contribution is -0.138. The number of nitrogens with zero attached hydrogens (tertiary/aromatic N) is 4. The number of amides is 6. The van der Waals surface area contributed by atoms with Gasteiger partial charge in [-0.1, -0.05) is 0 Å². The zero-order valence-electron chi connectivity index (χ0n) is 32.5. The molecule has 0 spiro atoms. The highest BCUT2D eigenvalue weighted by atomic mass is 16.2. The summed E-state index contributed by atoms with van der Waals surface area (Å²) in [6.07, 6.45) is 27.6. The molecule has 0 aromatic rings. The lowest BCUT2D eigenvalue weighted by atomic mass is 9.93. The first-order chi connectivity index (χ1) is 25.8. The van der Waals surface area contributed by atoms with Crippen LogP contribution in [0.2, 0.25) is 0 Å². The summed E-state index contributed by atoms with van der Waals surface area (Å²) in [4.78, 5) is 73.4. The second kappa shape index (κ2) is 21.6. The molecule has 10 heterocycles. The third-order valence-corrected chi connectivity index (χ3v) is 12.6. The molecule has 0 bridgehead atoms. The van der Waals surface area contributed by atoms with E-state index in [-0.39, 0.29) is 11.8 Å². The van der Waals surface area contributed by atoms with E-state index >= 15 is 0 Å². The van der Waals surface area contributed by atoms with Crippen molar-refractivity contribution >= 4 is 35.4 Å². The lowest BCUT2D eigenvalue weighted by Crippen LogP contribution is -2.46. The summed E-state index contributed by atoms with van der Waals surface area (Å²) in [6.45, 7) is 5.90. The minimum absolute atomic E-state index is 0.204. The smallest absolute Gasteiger partial charge is 0.222 e. The van der Waals surface area contributed by atoms with Crippen molar-refractivity contribution in [1.82, 2.24) is 30.2 Å². The first-order valence-electron chi connectivity index (χ1n) is 21.5. The molecule has 10 aliphatic heterocycles. The third-order valence-electron chi connectivity index (χ3n) is 12.6. The maximum atomic E-state index is 11.4. The zero-order chi connectivity index (χ0) is 37.4. The van der Waals surface area contributed by atoms with Crippen molar-refractivity contribution < 1.29 is 28.8 Å². The number of nitrogens with one attached hydrogen (secondary N) is 2. The van der Waals surface area contributed by atoms with Crippen molar-refractivity contribution in [1.29, 1.82) is 0 Å². The zero-order valence-corrected chi connectivity index (χ0v) is 32.5. The number of hydrogen-bond acceptors (Lipinski definition) is 6. The van der Waals surface area contributed by atoms with Gasteiger partial charge in [-0.15, -0.1) is 0 Å². The summed E-state index contributed by atoms with van der Waals surface area (Å²) in [5.74, 6) is 2.00. The number of carbonyl (C=O) groups excluding carboxylic acids is 6. The summed E-state index contributed by atoms with van der Waals surface area (Å²) in [7, 11) is 0. The van der Waals surface area contributed by atoms with Crippen LogP contribution in [0.1, 0.15) is 161 Å². The Morgan fingerprint density at radius 3 is 1.02 bits per heavy atom. The van der Waals surface area contributed by atoms with Crippen LogP contribution in [0, 0.1) is 0 Å². The molecule has 0 aliphatic carbocycles. The molecule has 53 heavy (non-hydrogen) atoms. The minimum atomic E-state index is 0.204. The summed E-state index contributed by atoms with van der Waals surface area (Å²) < 4.78 is 0. The molecule has 12 heteroatoms. The molecule has 4 atom stereocenters. The van der Waals surface area contributed by atoms with Crippen molar-refractivity contribution in [3.63, 3.8) is 0 Å². The van der Waals surface area contributed by atoms with Gasteiger partial charge in [0, 0.05) is 102 Å². The van der Waals surface area contributed by atoms with E-state index in [1.807, 2.05) is 4.90 Å². The van der Waals surface area contributed by atoms with Crippen molar-refractivity contribution in [3.05, 3.63) is 0 Å². The molecule has 10 fully saturated rings. The molecule has 10 saturated heterocycles. The van der Waals surface area contributed by atoms with Gasteiger partial charge in [-0.3, -0.25) is 28.8 Å². The van der Waals surface area contributed by atoms with Crippen LogP contribution >= 0.6 is 0 Å². The standard InChI is InChI=1S/C9H15NO.2C8H13NO.C7H11NO.C5H9NO.C4H7NO/c11-9-6-3-5-8-4-1-2-7-10(8)9;10-8-5-1-3-7-4-2-6-9(7)8;10-8-5-4-7-3-1-2-6-9(7)8;9-7-4-3-6-2-1-5-8(6)7;7-5-3-1-2-4-6-5;6-4-2-1-3-5-4/h8H,1-7H2;2*7H,1-6H2;6H,1-5H2;1-4H2,(H,6,7);1-3H2,(H,5,6). The van der Waals surface area contributed by atoms with Gasteiger partial charge in [0.05, 0.1) is 0 Å². The van der Waals surface area contributed by atoms with Crippen molar-refractivity contribution in [2.45, 2.75) is 185 Å². The first kappa shape index (κ1) is 41.0. The van der Waals surface area contributed by atoms with Crippen molar-refractivity contribution in [2.24, 2.45) is 0 Å². The Morgan fingerprint density at radius 2 is 0.679 bits per heavy atom. The van der Waals surface area contributed by atoms with Gasteiger partial charge in [-0.2, -0.15) is 0 Å². The van der Waals surface area contributed by atoms with Crippen LogP contribution < -0.4 is 10.6 Å². The summed E-state index contributed by atoms with van der Waals surface area (Å²) in [5, 5.41) is 5.42. The fraction of sp³-hybridized carbons (Fsp3) is 0.854. The fourth-order valence-electron chi connectivity index (χ4n) is 9.61. The van der Waals surface area contributed by atoms with Gasteiger partial charge >= 0.3 is 0 Å². The van der Waals surface area contributed by atoms with E-state index in [0.717, 1.165) is 123 Å². The predicted molar refractivity (Wildman–Crippen MR) is 203 cm³/mol. The Labute approximate surface area is 317 Å². The summed E-state index contributed by atoms with van der Waals surface area (Å²) >= 11 is 0. The largest absolute Gasteiger partial charge is 0.356 e. The van der Waals surface area contributed by atoms with Gasteiger partial charge in [0.15, 0.2) is 0 Å². The lowest BCUT2D eigenvalue weighted by Gasteiger charge is -2.39. The molecule has 0 aromatic carbocycles. The van der Waals surface area contributed by atoms with Crippen LogP contribution in [-0.2, 0) is 28.8 Å². The Bertz CT molecular complexity index is 1230. The van der Waals surface area contributed by atoms with E-state index in [4.69, 9.17) is 0 Å². The highest BCUT2D eigenvalue weighted by Crippen LogP contribution is 2.29. The quantitative estimate of drug-likeness (QED) is 0.365. The molecule has 2 N–H and O–H groups in total. The van der Waals surface area contributed by atoms with Crippen LogP contribution in [0.4, 0.5) is 0 Å². The summed E-state index contributed by atoms with van der Waals surface area (Å²) in [6, 6.07) is 2.50. The van der Waals surface area contributed by atoms with Crippen LogP contribution in [0.25, 0.3) is 0 Å². The molecule has 0 radical (unpaired) electrons. The van der Waals surface area contributed by atoms with Crippen molar-refractivity contribution in [2.75, 3.05) is 39.3 Å². The highest BCUT2D eigenvalue weighted by Gasteiger charge is 2.35. The second-order valence-corrected chi connectivity index (χ2v) is 16.4. The molecule has 298 valence electrons. The minimum Gasteiger partial charge on any atom is -0.356 e. The molecule has 0 aromatic heterocycles. The van der Waals surface area contributed by atoms with Crippen LogP contribution in [0.5, 0.6) is 0 Å². The average Bonchev–Trinajstić information content (AvgIpc) is 4.04. The third kappa shape index (κ3) is 12.7. The molecule has 12 nitrogen and oxygen atoms in total. The van der Waals surface area contributed by atoms with Crippen LogP contribution in [0.3, 0.4) is 0 Å². The summed E-state index contributed by atoms with van der Waals surface area (Å²) in [5.41, 5.74) is 0. The fourth-order valence-corrected chi connectivity index (χ4v) is 9.61. The molecule has 10 aliphatic rings. The van der Waals surface area contributed by atoms with E-state index in [2.05, 4.69) is 25.3 Å². The number of hydrogen-bond donors (Lipinski definition) is 2. The maximum Gasteiger partial charge on any atom is 0.222 e. The number of carbonyl (C=O) groups is 6. The average molecular weight is 741 g/mol. The topological polar surface area (TPSA) is 139 Å². The monoisotopic (exact) mass is 741 g/mol. The molecule has 4 unspecified atom stereocenters. The SMILES string of the molecule is O=C1CCC2CCCCN12.O=C1CCC2CCCN12.O=C1CCCC2CCCCN12.O=C1CCCC2CCCN12.O=C1CCCCN1.O=C1CCCN1. The Balaban J connectivity index is 0.000000124. The molecular formula is C41H68N6O6. The Hall–Kier alpha value is -3.18. The van der Waals surface area contributed by atoms with Gasteiger partial charge in [0.2, 0.25) is 35.4 Å². The number of fused-ring (bicyclic) bond motifs is 4. The van der Waals surface area contributed by atoms with Gasteiger partial charge in [-0.25, -0.2) is 0 Å². The first-order valence-corrected chi connectivity index (χ1v) is 21.5. The van der Waals surface area contributed by atoms with Gasteiger partial charge in [0.25, 0.3) is 0 Å². The Morgan fingerprint density at radius 1 is 0.321 bits per heavy atom. The predicted octanol–water partition coefficient (Wildman–Crippen LogP) is 4.83. The Kier molecular flexibility index (Phi) is 16.7. The van der Waals surface area contributed by atoms with Crippen LogP contribution in [-0.4, -0.2) is 118 Å². The van der Waals surface area contributed by atoms with E-state index in [1.165, 1.54) is 77.0 Å². The van der Waals surface area contributed by atoms with E-state index < -0.39 is 0 Å². The van der Waals surface area contributed by atoms with E-state index in [9.17, 15) is 28.8 Å². The number of piperidine rings is 5. The molecule has 6 amide bonds. The van der Waals surface area contributed by atoms with Crippen molar-refractivity contribution in [3.8, 4) is 0 Å². The second-order valence-electron chi connectivity index (χ2n) is 16.4. The van der Waals surface area contributed by atoms with Gasteiger partial charge in [-0.05, 0) is 122 Å². The number of rotatable bonds is 0. The molecule has 0 saturated carbocycles. The maximum absolute atomic E-state index is 11.4.